The van der Waals surface area contributed by atoms with Crippen LogP contribution in [0.1, 0.15) is 33.6 Å². The number of rotatable bonds is 6. The first-order valence-electron chi connectivity index (χ1n) is 6.39. The van der Waals surface area contributed by atoms with Crippen LogP contribution in [-0.2, 0) is 0 Å². The fraction of sp³-hybridized carbons (Fsp3) is 0.571. The van der Waals surface area contributed by atoms with Crippen LogP contribution >= 0.6 is 11.8 Å². The van der Waals surface area contributed by atoms with E-state index in [1.165, 1.54) is 6.07 Å². The summed E-state index contributed by atoms with van der Waals surface area (Å²) in [4.78, 5) is 0.228. The number of halogens is 3. The number of alkyl halides is 3. The Morgan fingerprint density at radius 3 is 2.32 bits per heavy atom. The average molecular weight is 291 g/mol. The van der Waals surface area contributed by atoms with Crippen LogP contribution in [0.3, 0.4) is 0 Å². The molecule has 1 unspecified atom stereocenters. The van der Waals surface area contributed by atoms with Crippen LogP contribution in [0.25, 0.3) is 0 Å². The summed E-state index contributed by atoms with van der Waals surface area (Å²) in [5, 5.41) is 3.17. The quantitative estimate of drug-likeness (QED) is 0.691. The molecule has 0 heterocycles. The van der Waals surface area contributed by atoms with Gasteiger partial charge in [-0.1, -0.05) is 26.0 Å². The van der Waals surface area contributed by atoms with Gasteiger partial charge in [-0.25, -0.2) is 0 Å². The monoisotopic (exact) mass is 291 g/mol. The molecule has 0 fully saturated rings. The van der Waals surface area contributed by atoms with E-state index in [0.717, 1.165) is 12.8 Å². The zero-order valence-electron chi connectivity index (χ0n) is 11.4. The summed E-state index contributed by atoms with van der Waals surface area (Å²) in [5.41, 5.74) is -3.69. The van der Waals surface area contributed by atoms with E-state index in [0.29, 0.717) is 11.6 Å². The Labute approximate surface area is 117 Å². The molecule has 1 aromatic carbocycles. The summed E-state index contributed by atoms with van der Waals surface area (Å²) in [7, 11) is 0. The predicted octanol–water partition coefficient (Wildman–Crippen LogP) is 5.54. The lowest BCUT2D eigenvalue weighted by atomic mass is 10.0. The Balaban J connectivity index is 2.67. The van der Waals surface area contributed by atoms with Crippen LogP contribution in [0.2, 0.25) is 0 Å². The van der Waals surface area contributed by atoms with Crippen LogP contribution in [0.15, 0.2) is 29.2 Å². The number of hydrogen-bond acceptors (Lipinski definition) is 2. The maximum Gasteiger partial charge on any atom is 0.446 e. The Hall–Kier alpha value is -0.840. The van der Waals surface area contributed by atoms with E-state index < -0.39 is 5.51 Å². The Kier molecular flexibility index (Phi) is 6.04. The van der Waals surface area contributed by atoms with Gasteiger partial charge in [0.15, 0.2) is 0 Å². The van der Waals surface area contributed by atoms with Crippen molar-refractivity contribution in [3.8, 4) is 0 Å². The lowest BCUT2D eigenvalue weighted by Gasteiger charge is -2.19. The Morgan fingerprint density at radius 2 is 1.74 bits per heavy atom. The van der Waals surface area contributed by atoms with Crippen LogP contribution < -0.4 is 5.32 Å². The third-order valence-electron chi connectivity index (χ3n) is 2.69. The molecule has 1 atom stereocenters. The highest BCUT2D eigenvalue weighted by Gasteiger charge is 2.30. The van der Waals surface area contributed by atoms with Crippen molar-refractivity contribution in [2.24, 2.45) is 5.92 Å². The first kappa shape index (κ1) is 16.2. The van der Waals surface area contributed by atoms with E-state index in [2.05, 4.69) is 19.2 Å². The van der Waals surface area contributed by atoms with Crippen LogP contribution in [0.4, 0.5) is 18.9 Å². The van der Waals surface area contributed by atoms with Gasteiger partial charge in [-0.2, -0.15) is 13.2 Å². The minimum Gasteiger partial charge on any atom is -0.382 e. The minimum absolute atomic E-state index is 0.0688. The molecule has 0 aliphatic carbocycles. The van der Waals surface area contributed by atoms with Gasteiger partial charge >= 0.3 is 5.51 Å². The summed E-state index contributed by atoms with van der Waals surface area (Å²) in [6.07, 6.45) is 2.01. The molecule has 1 rings (SSSR count). The van der Waals surface area contributed by atoms with Crippen molar-refractivity contribution in [2.75, 3.05) is 5.32 Å². The average Bonchev–Trinajstić information content (AvgIpc) is 2.27. The topological polar surface area (TPSA) is 12.0 Å². The molecule has 0 aromatic heterocycles. The smallest absolute Gasteiger partial charge is 0.382 e. The highest BCUT2D eigenvalue weighted by Crippen LogP contribution is 2.40. The largest absolute Gasteiger partial charge is 0.446 e. The summed E-state index contributed by atoms with van der Waals surface area (Å²) >= 11 is -0.0688. The number of thioether (sulfide) groups is 1. The molecule has 0 spiro atoms. The number of nitrogens with one attached hydrogen (secondary N) is 1. The van der Waals surface area contributed by atoms with Gasteiger partial charge in [0.05, 0.1) is 0 Å². The highest BCUT2D eigenvalue weighted by atomic mass is 32.2. The summed E-state index contributed by atoms with van der Waals surface area (Å²) in [6.45, 7) is 6.28. The molecule has 0 amide bonds. The molecule has 0 bridgehead atoms. The van der Waals surface area contributed by atoms with Gasteiger partial charge in [0, 0.05) is 16.6 Å². The second-order valence-corrected chi connectivity index (χ2v) is 6.17. The summed E-state index contributed by atoms with van der Waals surface area (Å²) in [5.74, 6) is 0.601. The molecule has 0 aliphatic heterocycles. The molecule has 1 N–H and O–H groups in total. The lowest BCUT2D eigenvalue weighted by Crippen LogP contribution is -2.16. The van der Waals surface area contributed by atoms with E-state index in [1.54, 1.807) is 18.2 Å². The van der Waals surface area contributed by atoms with Gasteiger partial charge in [0.2, 0.25) is 0 Å². The van der Waals surface area contributed by atoms with Crippen LogP contribution in [0.5, 0.6) is 0 Å². The third-order valence-corrected chi connectivity index (χ3v) is 3.50. The Morgan fingerprint density at radius 1 is 1.11 bits per heavy atom. The van der Waals surface area contributed by atoms with Crippen molar-refractivity contribution < 1.29 is 13.2 Å². The van der Waals surface area contributed by atoms with E-state index in [-0.39, 0.29) is 22.7 Å². The first-order valence-corrected chi connectivity index (χ1v) is 7.21. The van der Waals surface area contributed by atoms with E-state index in [4.69, 9.17) is 0 Å². The van der Waals surface area contributed by atoms with Crippen molar-refractivity contribution in [1.82, 2.24) is 0 Å². The second-order valence-electron chi connectivity index (χ2n) is 5.06. The first-order chi connectivity index (χ1) is 8.78. The Bertz CT molecular complexity index is 391. The van der Waals surface area contributed by atoms with Crippen LogP contribution in [0, 0.1) is 5.92 Å². The maximum atomic E-state index is 12.4. The second kappa shape index (κ2) is 7.08. The fourth-order valence-electron chi connectivity index (χ4n) is 1.72. The van der Waals surface area contributed by atoms with Crippen molar-refractivity contribution >= 4 is 17.4 Å². The lowest BCUT2D eigenvalue weighted by molar-refractivity contribution is -0.0327. The summed E-state index contributed by atoms with van der Waals surface area (Å²) in [6, 6.07) is 6.73. The fourth-order valence-corrected chi connectivity index (χ4v) is 2.35. The van der Waals surface area contributed by atoms with Crippen molar-refractivity contribution in [2.45, 2.75) is 50.1 Å². The zero-order chi connectivity index (χ0) is 14.5. The molecular weight excluding hydrogens is 271 g/mol. The maximum absolute atomic E-state index is 12.4. The molecule has 19 heavy (non-hydrogen) atoms. The van der Waals surface area contributed by atoms with Gasteiger partial charge in [0.25, 0.3) is 0 Å². The number of benzene rings is 1. The molecule has 5 heteroatoms. The van der Waals surface area contributed by atoms with Crippen molar-refractivity contribution in [3.63, 3.8) is 0 Å². The van der Waals surface area contributed by atoms with Crippen LogP contribution in [-0.4, -0.2) is 11.6 Å². The molecule has 108 valence electrons. The van der Waals surface area contributed by atoms with Gasteiger partial charge in [-0.15, -0.1) is 0 Å². The number of anilines is 1. The minimum atomic E-state index is -4.25. The van der Waals surface area contributed by atoms with E-state index in [9.17, 15) is 13.2 Å². The van der Waals surface area contributed by atoms with Gasteiger partial charge in [0.1, 0.15) is 0 Å². The molecule has 0 saturated heterocycles. The van der Waals surface area contributed by atoms with Crippen molar-refractivity contribution in [3.05, 3.63) is 24.3 Å². The SMILES string of the molecule is CC(C)CCC(C)Nc1ccccc1SC(F)(F)F. The van der Waals surface area contributed by atoms with E-state index in [1.807, 2.05) is 6.92 Å². The molecule has 1 nitrogen and oxygen atoms in total. The normalized spacial score (nSPS) is 13.6. The molecule has 0 radical (unpaired) electrons. The van der Waals surface area contributed by atoms with Gasteiger partial charge < -0.3 is 5.32 Å². The zero-order valence-corrected chi connectivity index (χ0v) is 12.2. The highest BCUT2D eigenvalue weighted by molar-refractivity contribution is 8.00. The van der Waals surface area contributed by atoms with Gasteiger partial charge in [-0.3, -0.25) is 0 Å². The third kappa shape index (κ3) is 6.76. The standard InChI is InChI=1S/C14H20F3NS/c1-10(2)8-9-11(3)18-12-6-4-5-7-13(12)19-14(15,16)17/h4-7,10-11,18H,8-9H2,1-3H3. The van der Waals surface area contributed by atoms with Crippen molar-refractivity contribution in [1.29, 1.82) is 0 Å². The predicted molar refractivity (Wildman–Crippen MR) is 75.5 cm³/mol. The molecule has 1 aromatic rings. The molecule has 0 aliphatic rings. The number of para-hydroxylation sites is 1. The molecule has 0 saturated carbocycles. The van der Waals surface area contributed by atoms with Gasteiger partial charge in [-0.05, 0) is 49.6 Å². The number of hydrogen-bond donors (Lipinski definition) is 1. The van der Waals surface area contributed by atoms with E-state index >= 15 is 0 Å². The molecular formula is C14H20F3NS. The summed E-state index contributed by atoms with van der Waals surface area (Å²) < 4.78 is 37.3.